The number of likely N-dealkylation sites (tertiary alicyclic amines) is 1. The number of carbonyl (C=O) groups excluding carboxylic acids is 1. The lowest BCUT2D eigenvalue weighted by molar-refractivity contribution is -0.130. The lowest BCUT2D eigenvalue weighted by Gasteiger charge is -2.36. The van der Waals surface area contributed by atoms with Gasteiger partial charge in [0.05, 0.1) is 5.69 Å². The van der Waals surface area contributed by atoms with Gasteiger partial charge >= 0.3 is 0 Å². The van der Waals surface area contributed by atoms with Crippen molar-refractivity contribution >= 4 is 22.4 Å². The van der Waals surface area contributed by atoms with Crippen LogP contribution >= 0.6 is 11.3 Å². The topological polar surface area (TPSA) is 36.4 Å². The van der Waals surface area contributed by atoms with Gasteiger partial charge in [-0.25, -0.2) is 4.98 Å². The highest BCUT2D eigenvalue weighted by Gasteiger charge is 2.31. The van der Waals surface area contributed by atoms with Gasteiger partial charge in [-0.05, 0) is 19.3 Å². The quantitative estimate of drug-likeness (QED) is 0.867. The maximum absolute atomic E-state index is 11.9. The van der Waals surface area contributed by atoms with Crippen LogP contribution in [0.5, 0.6) is 0 Å². The average molecular weight is 327 g/mol. The second-order valence-corrected chi connectivity index (χ2v) is 7.13. The van der Waals surface area contributed by atoms with E-state index in [1.54, 1.807) is 11.3 Å². The van der Waals surface area contributed by atoms with Crippen LogP contribution in [0.3, 0.4) is 0 Å². The lowest BCUT2D eigenvalue weighted by atomic mass is 10.0. The third kappa shape index (κ3) is 2.98. The fraction of sp³-hybridized carbons (Fsp3) is 0.444. The van der Waals surface area contributed by atoms with Crippen LogP contribution in [0.2, 0.25) is 0 Å². The Morgan fingerprint density at radius 1 is 1.09 bits per heavy atom. The fourth-order valence-electron chi connectivity index (χ4n) is 3.57. The van der Waals surface area contributed by atoms with Gasteiger partial charge in [0, 0.05) is 43.0 Å². The summed E-state index contributed by atoms with van der Waals surface area (Å²) >= 11 is 1.72. The Hall–Kier alpha value is -1.88. The lowest BCUT2D eigenvalue weighted by Crippen LogP contribution is -2.45. The van der Waals surface area contributed by atoms with Crippen LogP contribution in [-0.4, -0.2) is 41.5 Å². The van der Waals surface area contributed by atoms with Gasteiger partial charge in [-0.3, -0.25) is 4.79 Å². The molecule has 4 rings (SSSR count). The summed E-state index contributed by atoms with van der Waals surface area (Å²) in [6.45, 7) is 2.95. The highest BCUT2D eigenvalue weighted by atomic mass is 32.1. The monoisotopic (exact) mass is 327 g/mol. The number of thiazole rings is 1. The molecule has 0 aliphatic carbocycles. The van der Waals surface area contributed by atoms with E-state index in [1.165, 1.54) is 5.56 Å². The second-order valence-electron chi connectivity index (χ2n) is 6.29. The van der Waals surface area contributed by atoms with Crippen molar-refractivity contribution in [2.75, 3.05) is 24.5 Å². The molecule has 2 aliphatic rings. The molecule has 1 aromatic carbocycles. The van der Waals surface area contributed by atoms with E-state index in [9.17, 15) is 4.79 Å². The Morgan fingerprint density at radius 2 is 1.87 bits per heavy atom. The molecule has 0 saturated carbocycles. The SMILES string of the molecule is O=C1CCCN1C1CCN(c2nc(-c3ccccc3)cs2)CC1. The van der Waals surface area contributed by atoms with Crippen molar-refractivity contribution in [2.24, 2.45) is 0 Å². The fourth-order valence-corrected chi connectivity index (χ4v) is 4.46. The molecule has 0 unspecified atom stereocenters. The molecular weight excluding hydrogens is 306 g/mol. The molecule has 23 heavy (non-hydrogen) atoms. The summed E-state index contributed by atoms with van der Waals surface area (Å²) in [6, 6.07) is 10.8. The first-order valence-electron chi connectivity index (χ1n) is 8.36. The minimum atomic E-state index is 0.351. The molecule has 5 heteroatoms. The molecule has 4 nitrogen and oxygen atoms in total. The van der Waals surface area contributed by atoms with Crippen LogP contribution in [0.15, 0.2) is 35.7 Å². The van der Waals surface area contributed by atoms with Crippen molar-refractivity contribution in [3.63, 3.8) is 0 Å². The Kier molecular flexibility index (Phi) is 4.04. The first-order chi connectivity index (χ1) is 11.3. The number of benzene rings is 1. The molecule has 2 aromatic rings. The smallest absolute Gasteiger partial charge is 0.222 e. The number of aromatic nitrogens is 1. The maximum atomic E-state index is 11.9. The van der Waals surface area contributed by atoms with Gasteiger partial charge in [-0.2, -0.15) is 0 Å². The van der Waals surface area contributed by atoms with E-state index in [0.29, 0.717) is 11.9 Å². The van der Waals surface area contributed by atoms with Crippen molar-refractivity contribution in [3.8, 4) is 11.3 Å². The Morgan fingerprint density at radius 3 is 2.57 bits per heavy atom. The molecule has 1 aromatic heterocycles. The number of piperidine rings is 1. The highest BCUT2D eigenvalue weighted by Crippen LogP contribution is 2.30. The summed E-state index contributed by atoms with van der Waals surface area (Å²) in [7, 11) is 0. The summed E-state index contributed by atoms with van der Waals surface area (Å²) in [6.07, 6.45) is 3.90. The first kappa shape index (κ1) is 14.7. The molecular formula is C18H21N3OS. The summed E-state index contributed by atoms with van der Waals surface area (Å²) in [4.78, 5) is 21.2. The van der Waals surface area contributed by atoms with Gasteiger partial charge in [0.15, 0.2) is 5.13 Å². The standard InChI is InChI=1S/C18H21N3OS/c22-17-7-4-10-21(17)15-8-11-20(12-9-15)18-19-16(13-23-18)14-5-2-1-3-6-14/h1-3,5-6,13,15H,4,7-12H2. The van der Waals surface area contributed by atoms with Crippen molar-refractivity contribution in [1.29, 1.82) is 0 Å². The summed E-state index contributed by atoms with van der Waals surface area (Å²) < 4.78 is 0. The van der Waals surface area contributed by atoms with E-state index in [2.05, 4.69) is 27.3 Å². The van der Waals surface area contributed by atoms with Crippen LogP contribution < -0.4 is 4.90 Å². The predicted octanol–water partition coefficient (Wildman–Crippen LogP) is 3.40. The average Bonchev–Trinajstić information content (AvgIpc) is 3.25. The van der Waals surface area contributed by atoms with Gasteiger partial charge in [0.1, 0.15) is 0 Å². The zero-order valence-corrected chi connectivity index (χ0v) is 14.0. The first-order valence-corrected chi connectivity index (χ1v) is 9.24. The van der Waals surface area contributed by atoms with Crippen molar-refractivity contribution in [2.45, 2.75) is 31.7 Å². The minimum absolute atomic E-state index is 0.351. The number of rotatable bonds is 3. The molecule has 120 valence electrons. The number of hydrogen-bond donors (Lipinski definition) is 0. The molecule has 1 amide bonds. The predicted molar refractivity (Wildman–Crippen MR) is 93.7 cm³/mol. The number of carbonyl (C=O) groups is 1. The largest absolute Gasteiger partial charge is 0.348 e. The van der Waals surface area contributed by atoms with Crippen molar-refractivity contribution in [3.05, 3.63) is 35.7 Å². The summed E-state index contributed by atoms with van der Waals surface area (Å²) in [5.74, 6) is 0.351. The van der Waals surface area contributed by atoms with E-state index >= 15 is 0 Å². The molecule has 2 fully saturated rings. The third-order valence-corrected chi connectivity index (χ3v) is 5.75. The maximum Gasteiger partial charge on any atom is 0.222 e. The number of anilines is 1. The van der Waals surface area contributed by atoms with Crippen molar-refractivity contribution in [1.82, 2.24) is 9.88 Å². The molecule has 0 spiro atoms. The zero-order valence-electron chi connectivity index (χ0n) is 13.1. The van der Waals surface area contributed by atoms with Gasteiger partial charge in [-0.1, -0.05) is 30.3 Å². The van der Waals surface area contributed by atoms with Crippen LogP contribution in [-0.2, 0) is 4.79 Å². The third-order valence-electron chi connectivity index (χ3n) is 4.85. The summed E-state index contributed by atoms with van der Waals surface area (Å²) in [5.41, 5.74) is 2.23. The van der Waals surface area contributed by atoms with Crippen LogP contribution in [0.1, 0.15) is 25.7 Å². The summed E-state index contributed by atoms with van der Waals surface area (Å²) in [5, 5.41) is 3.25. The van der Waals surface area contributed by atoms with Crippen LogP contribution in [0, 0.1) is 0 Å². The van der Waals surface area contributed by atoms with E-state index in [0.717, 1.165) is 56.1 Å². The second kappa shape index (κ2) is 6.32. The normalized spacial score (nSPS) is 19.6. The molecule has 3 heterocycles. The zero-order chi connectivity index (χ0) is 15.6. The van der Waals surface area contributed by atoms with Gasteiger partial charge in [0.25, 0.3) is 0 Å². The van der Waals surface area contributed by atoms with E-state index in [-0.39, 0.29) is 0 Å². The number of amides is 1. The Labute approximate surface area is 140 Å². The van der Waals surface area contributed by atoms with E-state index in [4.69, 9.17) is 4.98 Å². The Balaban J connectivity index is 1.41. The number of hydrogen-bond acceptors (Lipinski definition) is 4. The molecule has 0 radical (unpaired) electrons. The molecule has 0 atom stereocenters. The van der Waals surface area contributed by atoms with Gasteiger partial charge < -0.3 is 9.80 Å². The minimum Gasteiger partial charge on any atom is -0.348 e. The van der Waals surface area contributed by atoms with Crippen LogP contribution in [0.25, 0.3) is 11.3 Å². The van der Waals surface area contributed by atoms with E-state index < -0.39 is 0 Å². The van der Waals surface area contributed by atoms with Gasteiger partial charge in [0.2, 0.25) is 5.91 Å². The van der Waals surface area contributed by atoms with Crippen LogP contribution in [0.4, 0.5) is 5.13 Å². The Bertz CT molecular complexity index is 677. The van der Waals surface area contributed by atoms with Gasteiger partial charge in [-0.15, -0.1) is 11.3 Å². The van der Waals surface area contributed by atoms with E-state index in [1.807, 2.05) is 18.2 Å². The molecule has 2 saturated heterocycles. The highest BCUT2D eigenvalue weighted by molar-refractivity contribution is 7.14. The number of nitrogens with zero attached hydrogens (tertiary/aromatic N) is 3. The molecule has 2 aliphatic heterocycles. The van der Waals surface area contributed by atoms with Crippen molar-refractivity contribution < 1.29 is 4.79 Å². The molecule has 0 N–H and O–H groups in total. The molecule has 0 bridgehead atoms.